The Morgan fingerprint density at radius 1 is 1.73 bits per heavy atom. The van der Waals surface area contributed by atoms with Crippen LogP contribution in [0.1, 0.15) is 6.42 Å². The van der Waals surface area contributed by atoms with Crippen LogP contribution in [0.5, 0.6) is 0 Å². The molecular formula is C10H16N4O. The predicted octanol–water partition coefficient (Wildman–Crippen LogP) is -0.198. The van der Waals surface area contributed by atoms with E-state index in [1.165, 1.54) is 11.0 Å². The third kappa shape index (κ3) is 2.36. The molecule has 1 aliphatic rings. The molecule has 0 amide bonds. The minimum Gasteiger partial charge on any atom is -0.365 e. The lowest BCUT2D eigenvalue weighted by Gasteiger charge is -2.10. The number of hydrogen-bond acceptors (Lipinski definition) is 4. The highest BCUT2D eigenvalue weighted by molar-refractivity contribution is 5.30. The van der Waals surface area contributed by atoms with Crippen LogP contribution in [-0.4, -0.2) is 29.2 Å². The van der Waals surface area contributed by atoms with Crippen molar-refractivity contribution >= 4 is 5.82 Å². The Bertz CT molecular complexity index is 381. The Morgan fingerprint density at radius 2 is 2.60 bits per heavy atom. The minimum absolute atomic E-state index is 0.0662. The molecule has 5 heteroatoms. The van der Waals surface area contributed by atoms with Gasteiger partial charge in [0.05, 0.1) is 0 Å². The molecule has 1 aliphatic heterocycles. The summed E-state index contributed by atoms with van der Waals surface area (Å²) < 4.78 is 1.53. The average Bonchev–Trinajstić information content (AvgIpc) is 2.73. The zero-order chi connectivity index (χ0) is 10.7. The van der Waals surface area contributed by atoms with Crippen LogP contribution in [0.15, 0.2) is 17.2 Å². The number of hydrogen-bond donors (Lipinski definition) is 2. The SMILES string of the molecule is Cn1ccnc(NCC2CCNC2)c1=O. The van der Waals surface area contributed by atoms with Crippen LogP contribution in [0, 0.1) is 5.92 Å². The van der Waals surface area contributed by atoms with E-state index >= 15 is 0 Å². The molecule has 1 saturated heterocycles. The maximum Gasteiger partial charge on any atom is 0.293 e. The third-order valence-electron chi connectivity index (χ3n) is 2.74. The second-order valence-corrected chi connectivity index (χ2v) is 3.93. The number of nitrogens with one attached hydrogen (secondary N) is 2. The maximum atomic E-state index is 11.6. The molecule has 1 atom stereocenters. The molecular weight excluding hydrogens is 192 g/mol. The first-order valence-electron chi connectivity index (χ1n) is 5.23. The van der Waals surface area contributed by atoms with E-state index in [-0.39, 0.29) is 5.56 Å². The van der Waals surface area contributed by atoms with E-state index in [4.69, 9.17) is 0 Å². The molecule has 0 spiro atoms. The Kier molecular flexibility index (Phi) is 3.01. The molecule has 2 N–H and O–H groups in total. The van der Waals surface area contributed by atoms with Crippen molar-refractivity contribution in [3.05, 3.63) is 22.7 Å². The van der Waals surface area contributed by atoms with Gasteiger partial charge in [0.15, 0.2) is 5.82 Å². The van der Waals surface area contributed by atoms with Crippen molar-refractivity contribution in [1.82, 2.24) is 14.9 Å². The summed E-state index contributed by atoms with van der Waals surface area (Å²) in [6, 6.07) is 0. The van der Waals surface area contributed by atoms with Crippen molar-refractivity contribution in [2.24, 2.45) is 13.0 Å². The largest absolute Gasteiger partial charge is 0.365 e. The number of aryl methyl sites for hydroxylation is 1. The highest BCUT2D eigenvalue weighted by Crippen LogP contribution is 2.07. The van der Waals surface area contributed by atoms with Gasteiger partial charge in [-0.05, 0) is 25.4 Å². The van der Waals surface area contributed by atoms with Crippen LogP contribution in [0.25, 0.3) is 0 Å². The maximum absolute atomic E-state index is 11.6. The fraction of sp³-hybridized carbons (Fsp3) is 0.600. The van der Waals surface area contributed by atoms with Gasteiger partial charge in [-0.3, -0.25) is 4.79 Å². The number of nitrogens with zero attached hydrogens (tertiary/aromatic N) is 2. The second kappa shape index (κ2) is 4.44. The molecule has 5 nitrogen and oxygen atoms in total. The zero-order valence-corrected chi connectivity index (χ0v) is 8.86. The summed E-state index contributed by atoms with van der Waals surface area (Å²) in [5.74, 6) is 1.06. The smallest absolute Gasteiger partial charge is 0.293 e. The summed E-state index contributed by atoms with van der Waals surface area (Å²) >= 11 is 0. The topological polar surface area (TPSA) is 59.0 Å². The van der Waals surface area contributed by atoms with E-state index in [0.29, 0.717) is 11.7 Å². The van der Waals surface area contributed by atoms with Gasteiger partial charge in [-0.15, -0.1) is 0 Å². The molecule has 1 aromatic heterocycles. The van der Waals surface area contributed by atoms with Gasteiger partial charge in [0.1, 0.15) is 0 Å². The van der Waals surface area contributed by atoms with Crippen molar-refractivity contribution < 1.29 is 0 Å². The van der Waals surface area contributed by atoms with E-state index in [0.717, 1.165) is 19.6 Å². The highest BCUT2D eigenvalue weighted by Gasteiger charge is 2.14. The van der Waals surface area contributed by atoms with Gasteiger partial charge in [-0.2, -0.15) is 0 Å². The fourth-order valence-electron chi connectivity index (χ4n) is 1.75. The number of aromatic nitrogens is 2. The van der Waals surface area contributed by atoms with E-state index in [1.54, 1.807) is 19.4 Å². The minimum atomic E-state index is -0.0662. The van der Waals surface area contributed by atoms with E-state index in [9.17, 15) is 4.79 Å². The molecule has 0 saturated carbocycles. The van der Waals surface area contributed by atoms with Gasteiger partial charge < -0.3 is 15.2 Å². The molecule has 1 fully saturated rings. The molecule has 1 unspecified atom stereocenters. The lowest BCUT2D eigenvalue weighted by molar-refractivity contribution is 0.613. The van der Waals surface area contributed by atoms with Crippen LogP contribution in [0.3, 0.4) is 0 Å². The normalized spacial score (nSPS) is 20.5. The first kappa shape index (κ1) is 10.2. The molecule has 0 radical (unpaired) electrons. The van der Waals surface area contributed by atoms with E-state index in [1.807, 2.05) is 0 Å². The Labute approximate surface area is 88.5 Å². The van der Waals surface area contributed by atoms with Crippen LogP contribution < -0.4 is 16.2 Å². The molecule has 0 aliphatic carbocycles. The van der Waals surface area contributed by atoms with Crippen molar-refractivity contribution in [1.29, 1.82) is 0 Å². The van der Waals surface area contributed by atoms with Gasteiger partial charge in [0, 0.05) is 26.0 Å². The second-order valence-electron chi connectivity index (χ2n) is 3.93. The van der Waals surface area contributed by atoms with Crippen LogP contribution in [0.2, 0.25) is 0 Å². The lowest BCUT2D eigenvalue weighted by atomic mass is 10.1. The molecule has 0 aromatic carbocycles. The summed E-state index contributed by atoms with van der Waals surface area (Å²) in [6.45, 7) is 2.92. The van der Waals surface area contributed by atoms with Crippen LogP contribution >= 0.6 is 0 Å². The van der Waals surface area contributed by atoms with Crippen molar-refractivity contribution in [3.8, 4) is 0 Å². The molecule has 1 aromatic rings. The van der Waals surface area contributed by atoms with Gasteiger partial charge in [0.25, 0.3) is 5.56 Å². The summed E-state index contributed by atoms with van der Waals surface area (Å²) in [6.07, 6.45) is 4.46. The molecule has 2 heterocycles. The van der Waals surface area contributed by atoms with Gasteiger partial charge in [-0.25, -0.2) is 4.98 Å². The fourth-order valence-corrected chi connectivity index (χ4v) is 1.75. The van der Waals surface area contributed by atoms with Crippen molar-refractivity contribution in [2.75, 3.05) is 25.0 Å². The summed E-state index contributed by atoms with van der Waals surface area (Å²) in [7, 11) is 1.73. The number of rotatable bonds is 3. The molecule has 82 valence electrons. The van der Waals surface area contributed by atoms with E-state index < -0.39 is 0 Å². The van der Waals surface area contributed by atoms with Gasteiger partial charge in [-0.1, -0.05) is 0 Å². The van der Waals surface area contributed by atoms with Crippen LogP contribution in [0.4, 0.5) is 5.82 Å². The molecule has 15 heavy (non-hydrogen) atoms. The Hall–Kier alpha value is -1.36. The molecule has 2 rings (SSSR count). The standard InChI is InChI=1S/C10H16N4O/c1-14-5-4-12-9(10(14)15)13-7-8-2-3-11-6-8/h4-5,8,11H,2-3,6-7H2,1H3,(H,12,13). The predicted molar refractivity (Wildman–Crippen MR) is 58.9 cm³/mol. The third-order valence-corrected chi connectivity index (χ3v) is 2.74. The quantitative estimate of drug-likeness (QED) is 0.722. The first-order chi connectivity index (χ1) is 7.27. The summed E-state index contributed by atoms with van der Waals surface area (Å²) in [5, 5.41) is 6.40. The van der Waals surface area contributed by atoms with Crippen LogP contribution in [-0.2, 0) is 7.05 Å². The van der Waals surface area contributed by atoms with E-state index in [2.05, 4.69) is 15.6 Å². The van der Waals surface area contributed by atoms with Gasteiger partial charge >= 0.3 is 0 Å². The number of anilines is 1. The molecule has 0 bridgehead atoms. The Morgan fingerprint density at radius 3 is 3.33 bits per heavy atom. The first-order valence-corrected chi connectivity index (χ1v) is 5.23. The zero-order valence-electron chi connectivity index (χ0n) is 8.86. The summed E-state index contributed by atoms with van der Waals surface area (Å²) in [5.41, 5.74) is -0.0662. The van der Waals surface area contributed by atoms with Gasteiger partial charge in [0.2, 0.25) is 0 Å². The summed E-state index contributed by atoms with van der Waals surface area (Å²) in [4.78, 5) is 15.6. The van der Waals surface area contributed by atoms with Crippen molar-refractivity contribution in [3.63, 3.8) is 0 Å². The van der Waals surface area contributed by atoms with Crippen molar-refractivity contribution in [2.45, 2.75) is 6.42 Å². The highest BCUT2D eigenvalue weighted by atomic mass is 16.1. The Balaban J connectivity index is 1.98. The monoisotopic (exact) mass is 208 g/mol. The lowest BCUT2D eigenvalue weighted by Crippen LogP contribution is -2.25. The average molecular weight is 208 g/mol.